The van der Waals surface area contributed by atoms with Gasteiger partial charge in [0.2, 0.25) is 0 Å². The Balaban J connectivity index is 1.41. The summed E-state index contributed by atoms with van der Waals surface area (Å²) in [6.07, 6.45) is 3.93. The van der Waals surface area contributed by atoms with E-state index in [9.17, 15) is 9.18 Å². The highest BCUT2D eigenvalue weighted by atomic mass is 32.2. The predicted octanol–water partition coefficient (Wildman–Crippen LogP) is 5.22. The van der Waals surface area contributed by atoms with Crippen LogP contribution in [-0.2, 0) is 0 Å². The number of benzene rings is 2. The molecule has 0 saturated carbocycles. The van der Waals surface area contributed by atoms with Crippen LogP contribution in [0.1, 0.15) is 23.2 Å². The minimum Gasteiger partial charge on any atom is -0.369 e. The van der Waals surface area contributed by atoms with E-state index < -0.39 is 0 Å². The monoisotopic (exact) mass is 393 g/mol. The first-order chi connectivity index (χ1) is 13.7. The van der Waals surface area contributed by atoms with Crippen LogP contribution >= 0.6 is 11.8 Å². The van der Waals surface area contributed by atoms with Crippen molar-refractivity contribution >= 4 is 29.0 Å². The van der Waals surface area contributed by atoms with E-state index in [2.05, 4.69) is 10.3 Å². The number of anilines is 2. The molecule has 0 bridgehead atoms. The van der Waals surface area contributed by atoms with Crippen molar-refractivity contribution in [1.82, 2.24) is 4.98 Å². The summed E-state index contributed by atoms with van der Waals surface area (Å²) in [5.41, 5.74) is 1.58. The Labute approximate surface area is 167 Å². The van der Waals surface area contributed by atoms with Gasteiger partial charge in [0.1, 0.15) is 10.8 Å². The zero-order valence-corrected chi connectivity index (χ0v) is 16.1. The van der Waals surface area contributed by atoms with Crippen molar-refractivity contribution in [3.05, 3.63) is 78.2 Å². The number of amides is 1. The SMILES string of the molecule is O=C(Nc1ccc(N2CCCC2)c(F)c1)c1ccc(Sc2ccccn2)cc1. The molecule has 142 valence electrons. The molecule has 1 fully saturated rings. The van der Waals surface area contributed by atoms with Gasteiger partial charge in [0.25, 0.3) is 5.91 Å². The molecule has 4 nitrogen and oxygen atoms in total. The number of nitrogens with one attached hydrogen (secondary N) is 1. The zero-order chi connectivity index (χ0) is 19.3. The van der Waals surface area contributed by atoms with E-state index >= 15 is 0 Å². The van der Waals surface area contributed by atoms with Crippen LogP contribution in [0.5, 0.6) is 0 Å². The topological polar surface area (TPSA) is 45.2 Å². The Bertz CT molecular complexity index is 957. The molecule has 28 heavy (non-hydrogen) atoms. The van der Waals surface area contributed by atoms with Gasteiger partial charge in [0.05, 0.1) is 5.69 Å². The smallest absolute Gasteiger partial charge is 0.255 e. The van der Waals surface area contributed by atoms with E-state index in [1.165, 1.54) is 17.8 Å². The lowest BCUT2D eigenvalue weighted by molar-refractivity contribution is 0.102. The molecule has 0 unspecified atom stereocenters. The van der Waals surface area contributed by atoms with Gasteiger partial charge in [-0.1, -0.05) is 17.8 Å². The largest absolute Gasteiger partial charge is 0.369 e. The second-order valence-corrected chi connectivity index (χ2v) is 7.70. The molecule has 1 aliphatic heterocycles. The normalized spacial score (nSPS) is 13.5. The second kappa shape index (κ2) is 8.44. The quantitative estimate of drug-likeness (QED) is 0.645. The van der Waals surface area contributed by atoms with Crippen LogP contribution in [-0.4, -0.2) is 24.0 Å². The number of aromatic nitrogens is 1. The molecule has 0 spiro atoms. The van der Waals surface area contributed by atoms with Gasteiger partial charge in [-0.25, -0.2) is 9.37 Å². The van der Waals surface area contributed by atoms with Crippen molar-refractivity contribution in [2.75, 3.05) is 23.3 Å². The molecule has 3 aromatic rings. The summed E-state index contributed by atoms with van der Waals surface area (Å²) in [6, 6.07) is 17.9. The summed E-state index contributed by atoms with van der Waals surface area (Å²) < 4.78 is 14.4. The van der Waals surface area contributed by atoms with Crippen molar-refractivity contribution in [2.45, 2.75) is 22.8 Å². The van der Waals surface area contributed by atoms with E-state index in [0.29, 0.717) is 16.9 Å². The maximum absolute atomic E-state index is 14.4. The molecule has 1 N–H and O–H groups in total. The predicted molar refractivity (Wildman–Crippen MR) is 111 cm³/mol. The summed E-state index contributed by atoms with van der Waals surface area (Å²) in [6.45, 7) is 1.76. The van der Waals surface area contributed by atoms with Crippen molar-refractivity contribution in [3.8, 4) is 0 Å². The third-order valence-electron chi connectivity index (χ3n) is 4.63. The number of carbonyl (C=O) groups is 1. The van der Waals surface area contributed by atoms with E-state index in [4.69, 9.17) is 0 Å². The Morgan fingerprint density at radius 1 is 1.04 bits per heavy atom. The van der Waals surface area contributed by atoms with Crippen LogP contribution in [0.4, 0.5) is 15.8 Å². The Kier molecular flexibility index (Phi) is 5.58. The summed E-state index contributed by atoms with van der Waals surface area (Å²) in [5, 5.41) is 3.67. The molecule has 0 atom stereocenters. The van der Waals surface area contributed by atoms with Crippen LogP contribution in [0.3, 0.4) is 0 Å². The number of carbonyl (C=O) groups excluding carboxylic acids is 1. The van der Waals surface area contributed by atoms with Crippen molar-refractivity contribution < 1.29 is 9.18 Å². The highest BCUT2D eigenvalue weighted by Crippen LogP contribution is 2.27. The summed E-state index contributed by atoms with van der Waals surface area (Å²) in [7, 11) is 0. The molecule has 1 amide bonds. The molecule has 1 saturated heterocycles. The van der Waals surface area contributed by atoms with E-state index in [-0.39, 0.29) is 11.7 Å². The lowest BCUT2D eigenvalue weighted by Crippen LogP contribution is -2.19. The van der Waals surface area contributed by atoms with Gasteiger partial charge in [-0.2, -0.15) is 0 Å². The fraction of sp³-hybridized carbons (Fsp3) is 0.182. The van der Waals surface area contributed by atoms with Crippen LogP contribution in [0.15, 0.2) is 76.8 Å². The summed E-state index contributed by atoms with van der Waals surface area (Å²) in [5.74, 6) is -0.565. The molecule has 4 rings (SSSR count). The number of rotatable bonds is 5. The van der Waals surface area contributed by atoms with Gasteiger partial charge in [-0.15, -0.1) is 0 Å². The number of hydrogen-bond acceptors (Lipinski definition) is 4. The third kappa shape index (κ3) is 4.34. The van der Waals surface area contributed by atoms with Crippen molar-refractivity contribution in [3.63, 3.8) is 0 Å². The van der Waals surface area contributed by atoms with Gasteiger partial charge >= 0.3 is 0 Å². The second-order valence-electron chi connectivity index (χ2n) is 6.61. The standard InChI is InChI=1S/C22H20FN3OS/c23-19-15-17(8-11-20(19)26-13-3-4-14-26)25-22(27)16-6-9-18(10-7-16)28-21-5-1-2-12-24-21/h1-2,5-12,15H,3-4,13-14H2,(H,25,27). The number of hydrogen-bond donors (Lipinski definition) is 1. The molecule has 0 radical (unpaired) electrons. The minimum atomic E-state index is -0.304. The van der Waals surface area contributed by atoms with Crippen LogP contribution < -0.4 is 10.2 Å². The van der Waals surface area contributed by atoms with Gasteiger partial charge in [0.15, 0.2) is 0 Å². The molecular formula is C22H20FN3OS. The summed E-state index contributed by atoms with van der Waals surface area (Å²) in [4.78, 5) is 19.8. The highest BCUT2D eigenvalue weighted by Gasteiger charge is 2.16. The third-order valence-corrected chi connectivity index (χ3v) is 5.59. The van der Waals surface area contributed by atoms with Crippen LogP contribution in [0, 0.1) is 5.82 Å². The number of pyridine rings is 1. The molecule has 0 aliphatic carbocycles. The molecule has 2 aromatic carbocycles. The van der Waals surface area contributed by atoms with Gasteiger partial charge in [-0.3, -0.25) is 4.79 Å². The maximum atomic E-state index is 14.4. The van der Waals surface area contributed by atoms with Gasteiger partial charge < -0.3 is 10.2 Å². The zero-order valence-electron chi connectivity index (χ0n) is 15.3. The van der Waals surface area contributed by atoms with E-state index in [1.807, 2.05) is 35.2 Å². The van der Waals surface area contributed by atoms with E-state index in [0.717, 1.165) is 35.9 Å². The first-order valence-corrected chi connectivity index (χ1v) is 10.1. The molecule has 6 heteroatoms. The van der Waals surface area contributed by atoms with Gasteiger partial charge in [-0.05, 0) is 67.4 Å². The van der Waals surface area contributed by atoms with Crippen molar-refractivity contribution in [1.29, 1.82) is 0 Å². The Hall–Kier alpha value is -2.86. The number of halogens is 1. The Morgan fingerprint density at radius 3 is 2.50 bits per heavy atom. The Morgan fingerprint density at radius 2 is 1.82 bits per heavy atom. The fourth-order valence-electron chi connectivity index (χ4n) is 3.20. The lowest BCUT2D eigenvalue weighted by atomic mass is 10.2. The molecule has 1 aliphatic rings. The minimum absolute atomic E-state index is 0.261. The molecule has 2 heterocycles. The first kappa shape index (κ1) is 18.5. The highest BCUT2D eigenvalue weighted by molar-refractivity contribution is 7.99. The van der Waals surface area contributed by atoms with Crippen molar-refractivity contribution in [2.24, 2.45) is 0 Å². The maximum Gasteiger partial charge on any atom is 0.255 e. The van der Waals surface area contributed by atoms with Crippen LogP contribution in [0.2, 0.25) is 0 Å². The summed E-state index contributed by atoms with van der Waals surface area (Å²) >= 11 is 1.53. The molecular weight excluding hydrogens is 373 g/mol. The average molecular weight is 393 g/mol. The number of nitrogens with zero attached hydrogens (tertiary/aromatic N) is 2. The lowest BCUT2D eigenvalue weighted by Gasteiger charge is -2.18. The fourth-order valence-corrected chi connectivity index (χ4v) is 3.98. The molecule has 1 aromatic heterocycles. The first-order valence-electron chi connectivity index (χ1n) is 9.24. The van der Waals surface area contributed by atoms with Gasteiger partial charge in [0, 0.05) is 35.4 Å². The van der Waals surface area contributed by atoms with E-state index in [1.54, 1.807) is 30.5 Å². The van der Waals surface area contributed by atoms with Crippen LogP contribution in [0.25, 0.3) is 0 Å². The average Bonchev–Trinajstić information content (AvgIpc) is 3.24.